The number of aryl methyl sites for hydroxylation is 1. The zero-order valence-electron chi connectivity index (χ0n) is 14.8. The van der Waals surface area contributed by atoms with Gasteiger partial charge in [0.05, 0.1) is 11.3 Å². The van der Waals surface area contributed by atoms with Crippen LogP contribution in [0, 0.1) is 12.8 Å². The number of anilines is 2. The molecule has 0 aliphatic carbocycles. The van der Waals surface area contributed by atoms with Crippen molar-refractivity contribution >= 4 is 17.4 Å². The molecule has 0 fully saturated rings. The molecule has 0 bridgehead atoms. The van der Waals surface area contributed by atoms with Gasteiger partial charge in [0.25, 0.3) is 5.91 Å². The number of hydrogen-bond donors (Lipinski definition) is 2. The number of carbonyl (C=O) groups is 1. The monoisotopic (exact) mass is 366 g/mol. The summed E-state index contributed by atoms with van der Waals surface area (Å²) in [4.78, 5) is 20.6. The molecule has 0 saturated carbocycles. The van der Waals surface area contributed by atoms with Crippen LogP contribution in [0.25, 0.3) is 0 Å². The molecule has 1 aromatic heterocycles. The Bertz CT molecular complexity index is 775. The Hall–Kier alpha value is -2.64. The van der Waals surface area contributed by atoms with E-state index < -0.39 is 17.6 Å². The zero-order chi connectivity index (χ0) is 19.3. The maximum absolute atomic E-state index is 13.0. The Kier molecular flexibility index (Phi) is 6.18. The van der Waals surface area contributed by atoms with Gasteiger partial charge in [-0.25, -0.2) is 9.97 Å². The third-order valence-corrected chi connectivity index (χ3v) is 3.58. The second kappa shape index (κ2) is 8.16. The van der Waals surface area contributed by atoms with Gasteiger partial charge in [-0.2, -0.15) is 13.2 Å². The van der Waals surface area contributed by atoms with E-state index in [-0.39, 0.29) is 11.4 Å². The lowest BCUT2D eigenvalue weighted by molar-refractivity contribution is -0.136. The Balaban J connectivity index is 2.19. The lowest BCUT2D eigenvalue weighted by Crippen LogP contribution is -2.19. The van der Waals surface area contributed by atoms with E-state index in [1.807, 2.05) is 0 Å². The topological polar surface area (TPSA) is 66.9 Å². The van der Waals surface area contributed by atoms with Crippen molar-refractivity contribution in [1.29, 1.82) is 0 Å². The van der Waals surface area contributed by atoms with Crippen LogP contribution >= 0.6 is 0 Å². The summed E-state index contributed by atoms with van der Waals surface area (Å²) in [5, 5.41) is 5.39. The summed E-state index contributed by atoms with van der Waals surface area (Å²) in [5.41, 5.74) is -1.22. The van der Waals surface area contributed by atoms with Crippen LogP contribution < -0.4 is 10.6 Å². The summed E-state index contributed by atoms with van der Waals surface area (Å²) in [7, 11) is 0. The average molecular weight is 366 g/mol. The van der Waals surface area contributed by atoms with Crippen molar-refractivity contribution in [3.63, 3.8) is 0 Å². The molecule has 0 aliphatic rings. The second-order valence-electron chi connectivity index (χ2n) is 6.29. The predicted molar refractivity (Wildman–Crippen MR) is 94.1 cm³/mol. The molecule has 2 rings (SSSR count). The fourth-order valence-electron chi connectivity index (χ4n) is 2.29. The van der Waals surface area contributed by atoms with E-state index >= 15 is 0 Å². The number of nitrogens with one attached hydrogen (secondary N) is 2. The Labute approximate surface area is 150 Å². The highest BCUT2D eigenvalue weighted by atomic mass is 19.4. The molecule has 0 spiro atoms. The smallest absolute Gasteiger partial charge is 0.370 e. The summed E-state index contributed by atoms with van der Waals surface area (Å²) >= 11 is 0. The van der Waals surface area contributed by atoms with E-state index in [2.05, 4.69) is 34.4 Å². The van der Waals surface area contributed by atoms with Crippen LogP contribution in [-0.4, -0.2) is 22.4 Å². The standard InChI is InChI=1S/C18H21F3N4O/c1-11(2)8-9-22-16-10-15(23-12(3)24-16)17(26)25-14-7-5-4-6-13(14)18(19,20)21/h4-7,10-11H,8-9H2,1-3H3,(H,25,26)(H,22,23,24). The van der Waals surface area contributed by atoms with Gasteiger partial charge < -0.3 is 10.6 Å². The summed E-state index contributed by atoms with van der Waals surface area (Å²) in [6, 6.07) is 6.24. The molecular formula is C18H21F3N4O. The summed E-state index contributed by atoms with van der Waals surface area (Å²) in [5.74, 6) is 0.604. The first-order valence-electron chi connectivity index (χ1n) is 8.24. The summed E-state index contributed by atoms with van der Waals surface area (Å²) < 4.78 is 39.1. The van der Waals surface area contributed by atoms with Crippen molar-refractivity contribution in [2.45, 2.75) is 33.4 Å². The van der Waals surface area contributed by atoms with Crippen LogP contribution in [0.5, 0.6) is 0 Å². The van der Waals surface area contributed by atoms with Gasteiger partial charge in [0.1, 0.15) is 17.3 Å². The van der Waals surface area contributed by atoms with Crippen LogP contribution in [0.4, 0.5) is 24.7 Å². The van der Waals surface area contributed by atoms with E-state index in [1.165, 1.54) is 24.3 Å². The number of hydrogen-bond acceptors (Lipinski definition) is 4. The molecule has 1 aromatic carbocycles. The lowest BCUT2D eigenvalue weighted by atomic mass is 10.1. The quantitative estimate of drug-likeness (QED) is 0.789. The molecule has 0 aliphatic heterocycles. The fourth-order valence-corrected chi connectivity index (χ4v) is 2.29. The first kappa shape index (κ1) is 19.7. The van der Waals surface area contributed by atoms with Crippen LogP contribution in [-0.2, 0) is 6.18 Å². The number of alkyl halides is 3. The van der Waals surface area contributed by atoms with Crippen LogP contribution in [0.15, 0.2) is 30.3 Å². The molecule has 0 radical (unpaired) electrons. The van der Waals surface area contributed by atoms with Gasteiger partial charge in [-0.1, -0.05) is 26.0 Å². The molecule has 8 heteroatoms. The normalized spacial score (nSPS) is 11.5. The molecule has 1 heterocycles. The fraction of sp³-hybridized carbons (Fsp3) is 0.389. The third kappa shape index (κ3) is 5.44. The van der Waals surface area contributed by atoms with Gasteiger partial charge in [-0.05, 0) is 31.4 Å². The SMILES string of the molecule is Cc1nc(NCCC(C)C)cc(C(=O)Nc2ccccc2C(F)(F)F)n1. The number of halogens is 3. The van der Waals surface area contributed by atoms with Crippen molar-refractivity contribution in [3.05, 3.63) is 47.4 Å². The first-order valence-corrected chi connectivity index (χ1v) is 8.24. The van der Waals surface area contributed by atoms with Gasteiger partial charge in [0.2, 0.25) is 0 Å². The van der Waals surface area contributed by atoms with Gasteiger partial charge >= 0.3 is 6.18 Å². The largest absolute Gasteiger partial charge is 0.418 e. The highest BCUT2D eigenvalue weighted by molar-refractivity contribution is 6.03. The number of rotatable bonds is 6. The van der Waals surface area contributed by atoms with Crippen LogP contribution in [0.3, 0.4) is 0 Å². The van der Waals surface area contributed by atoms with Crippen molar-refractivity contribution in [3.8, 4) is 0 Å². The Morgan fingerprint density at radius 1 is 1.19 bits per heavy atom. The number of amides is 1. The highest BCUT2D eigenvalue weighted by Gasteiger charge is 2.33. The number of para-hydroxylation sites is 1. The number of nitrogens with zero attached hydrogens (tertiary/aromatic N) is 2. The average Bonchev–Trinajstić information content (AvgIpc) is 2.53. The summed E-state index contributed by atoms with van der Waals surface area (Å²) in [6.07, 6.45) is -3.64. The number of carbonyl (C=O) groups excluding carboxylic acids is 1. The minimum Gasteiger partial charge on any atom is -0.370 e. The van der Waals surface area contributed by atoms with E-state index in [0.29, 0.717) is 24.1 Å². The van der Waals surface area contributed by atoms with Gasteiger partial charge in [-0.3, -0.25) is 4.79 Å². The molecule has 140 valence electrons. The highest BCUT2D eigenvalue weighted by Crippen LogP contribution is 2.34. The van der Waals surface area contributed by atoms with Crippen LogP contribution in [0.2, 0.25) is 0 Å². The summed E-state index contributed by atoms with van der Waals surface area (Å²) in [6.45, 7) is 6.47. The van der Waals surface area contributed by atoms with Gasteiger partial charge in [0, 0.05) is 12.6 Å². The van der Waals surface area contributed by atoms with E-state index in [9.17, 15) is 18.0 Å². The number of aromatic nitrogens is 2. The minimum atomic E-state index is -4.56. The van der Waals surface area contributed by atoms with Gasteiger partial charge in [0.15, 0.2) is 0 Å². The maximum atomic E-state index is 13.0. The third-order valence-electron chi connectivity index (χ3n) is 3.58. The molecule has 0 unspecified atom stereocenters. The Morgan fingerprint density at radius 2 is 1.88 bits per heavy atom. The molecule has 2 N–H and O–H groups in total. The Morgan fingerprint density at radius 3 is 2.54 bits per heavy atom. The van der Waals surface area contributed by atoms with E-state index in [0.717, 1.165) is 12.5 Å². The maximum Gasteiger partial charge on any atom is 0.418 e. The predicted octanol–water partition coefficient (Wildman–Crippen LogP) is 4.51. The molecular weight excluding hydrogens is 345 g/mol. The minimum absolute atomic E-state index is 0.00141. The van der Waals surface area contributed by atoms with Gasteiger partial charge in [-0.15, -0.1) is 0 Å². The molecule has 5 nitrogen and oxygen atoms in total. The first-order chi connectivity index (χ1) is 12.2. The van der Waals surface area contributed by atoms with Crippen molar-refractivity contribution < 1.29 is 18.0 Å². The van der Waals surface area contributed by atoms with E-state index in [1.54, 1.807) is 6.92 Å². The molecule has 26 heavy (non-hydrogen) atoms. The van der Waals surface area contributed by atoms with E-state index in [4.69, 9.17) is 0 Å². The number of benzene rings is 1. The van der Waals surface area contributed by atoms with Crippen molar-refractivity contribution in [1.82, 2.24) is 9.97 Å². The molecule has 2 aromatic rings. The molecule has 0 saturated heterocycles. The van der Waals surface area contributed by atoms with Crippen LogP contribution in [0.1, 0.15) is 42.1 Å². The van der Waals surface area contributed by atoms with Crippen molar-refractivity contribution in [2.24, 2.45) is 5.92 Å². The lowest BCUT2D eigenvalue weighted by Gasteiger charge is -2.14. The van der Waals surface area contributed by atoms with Crippen molar-refractivity contribution in [2.75, 3.05) is 17.2 Å². The zero-order valence-corrected chi connectivity index (χ0v) is 14.8. The second-order valence-corrected chi connectivity index (χ2v) is 6.29. The molecule has 1 amide bonds. The molecule has 0 atom stereocenters.